The number of halogens is 3. The molecule has 0 spiro atoms. The molecule has 0 saturated carbocycles. The van der Waals surface area contributed by atoms with Gasteiger partial charge in [-0.1, -0.05) is 11.6 Å². The average Bonchev–Trinajstić information content (AvgIpc) is 2.06. The molecule has 2 nitrogen and oxygen atoms in total. The third-order valence-corrected chi connectivity index (χ3v) is 2.27. The number of rotatable bonds is 2. The van der Waals surface area contributed by atoms with E-state index < -0.39 is 18.4 Å². The molecule has 1 rings (SSSR count). The fourth-order valence-corrected chi connectivity index (χ4v) is 1.55. The van der Waals surface area contributed by atoms with Crippen LogP contribution in [0.2, 0.25) is 0 Å². The number of hydrogen-bond donors (Lipinski definition) is 2. The van der Waals surface area contributed by atoms with Gasteiger partial charge in [-0.3, -0.25) is 0 Å². The van der Waals surface area contributed by atoms with Crippen molar-refractivity contribution in [3.63, 3.8) is 0 Å². The summed E-state index contributed by atoms with van der Waals surface area (Å²) < 4.78 is 37.5. The Kier molecular flexibility index (Phi) is 6.12. The number of aromatic carboxylic acids is 1. The minimum Gasteiger partial charge on any atom is -0.478 e. The maximum absolute atomic E-state index is 12.5. The number of carbonyl (C=O) groups is 1. The van der Waals surface area contributed by atoms with Crippen LogP contribution >= 0.6 is 12.6 Å². The van der Waals surface area contributed by atoms with Crippen molar-refractivity contribution in [3.05, 3.63) is 23.3 Å². The normalized spacial score (nSPS) is 10.8. The predicted octanol–water partition coefficient (Wildman–Crippen LogP) is -0.960. The Bertz CT molecular complexity index is 422. The summed E-state index contributed by atoms with van der Waals surface area (Å²) in [7, 11) is 0. The first-order valence-corrected chi connectivity index (χ1v) is 4.45. The molecule has 0 bridgehead atoms. The molecule has 0 aliphatic carbocycles. The van der Waals surface area contributed by atoms with Gasteiger partial charge < -0.3 is 18.1 Å². The van der Waals surface area contributed by atoms with E-state index in [1.165, 1.54) is 0 Å². The Balaban J connectivity index is 0.00000225. The molecule has 1 aromatic carbocycles. The number of benzene rings is 1. The molecule has 0 saturated heterocycles. The molecule has 8 heteroatoms. The molecule has 0 radical (unpaired) electrons. The SMILES string of the molecule is Cc1c(C(=O)O)cc(S)cc1[B-](F)(F)F.[K+]. The fourth-order valence-electron chi connectivity index (χ4n) is 1.28. The summed E-state index contributed by atoms with van der Waals surface area (Å²) in [6.45, 7) is -4.07. The van der Waals surface area contributed by atoms with E-state index in [9.17, 15) is 17.7 Å². The molecule has 0 aromatic heterocycles. The molecule has 0 aliphatic rings. The topological polar surface area (TPSA) is 37.3 Å². The first-order chi connectivity index (χ1) is 6.73. The van der Waals surface area contributed by atoms with E-state index in [4.69, 9.17) is 5.11 Å². The van der Waals surface area contributed by atoms with Gasteiger partial charge in [0.2, 0.25) is 0 Å². The summed E-state index contributed by atoms with van der Waals surface area (Å²) in [6.07, 6.45) is 0. The molecule has 82 valence electrons. The van der Waals surface area contributed by atoms with Crippen LogP contribution in [-0.2, 0) is 0 Å². The quantitative estimate of drug-likeness (QED) is 0.538. The van der Waals surface area contributed by atoms with Gasteiger partial charge in [-0.2, -0.15) is 0 Å². The molecule has 0 unspecified atom stereocenters. The molecular weight excluding hydrogens is 267 g/mol. The van der Waals surface area contributed by atoms with Crippen LogP contribution in [0.4, 0.5) is 12.9 Å². The van der Waals surface area contributed by atoms with Crippen LogP contribution < -0.4 is 56.8 Å². The third kappa shape index (κ3) is 3.78. The Labute approximate surface area is 138 Å². The van der Waals surface area contributed by atoms with E-state index in [1.807, 2.05) is 0 Å². The van der Waals surface area contributed by atoms with Gasteiger partial charge in [-0.15, -0.1) is 18.1 Å². The van der Waals surface area contributed by atoms with Gasteiger partial charge in [0.1, 0.15) is 0 Å². The van der Waals surface area contributed by atoms with E-state index in [0.717, 1.165) is 19.1 Å². The van der Waals surface area contributed by atoms with Crippen LogP contribution in [0.3, 0.4) is 0 Å². The number of hydrogen-bond acceptors (Lipinski definition) is 2. The van der Waals surface area contributed by atoms with E-state index in [1.54, 1.807) is 0 Å². The molecule has 1 N–H and O–H groups in total. The summed E-state index contributed by atoms with van der Waals surface area (Å²) in [5.41, 5.74) is -1.54. The molecule has 0 aliphatic heterocycles. The van der Waals surface area contributed by atoms with Crippen LogP contribution in [0, 0.1) is 6.92 Å². The fraction of sp³-hybridized carbons (Fsp3) is 0.125. The van der Waals surface area contributed by atoms with Crippen LogP contribution in [0.5, 0.6) is 0 Å². The second-order valence-corrected chi connectivity index (χ2v) is 3.60. The maximum Gasteiger partial charge on any atom is 1.00 e. The van der Waals surface area contributed by atoms with Crippen molar-refractivity contribution in [1.29, 1.82) is 0 Å². The van der Waals surface area contributed by atoms with Gasteiger partial charge in [0, 0.05) is 4.90 Å². The second-order valence-electron chi connectivity index (χ2n) is 3.09. The standard InChI is InChI=1S/C8H7BF3O2S.K/c1-4-6(8(13)14)2-5(15)3-7(4)9(10,11)12;/h2-3,15H,1H3,(H,13,14);/q-1;+1. The summed E-state index contributed by atoms with van der Waals surface area (Å²) in [4.78, 5) is 10.7. The Hall–Kier alpha value is 0.531. The van der Waals surface area contributed by atoms with Gasteiger partial charge >= 0.3 is 64.3 Å². The van der Waals surface area contributed by atoms with E-state index in [2.05, 4.69) is 12.6 Å². The van der Waals surface area contributed by atoms with Crippen molar-refractivity contribution in [2.24, 2.45) is 0 Å². The molecule has 0 atom stereocenters. The van der Waals surface area contributed by atoms with E-state index in [0.29, 0.717) is 0 Å². The number of carboxylic acids is 1. The van der Waals surface area contributed by atoms with Crippen molar-refractivity contribution >= 4 is 31.0 Å². The van der Waals surface area contributed by atoms with Gasteiger partial charge in [0.15, 0.2) is 0 Å². The van der Waals surface area contributed by atoms with Gasteiger partial charge in [0.05, 0.1) is 5.56 Å². The summed E-state index contributed by atoms with van der Waals surface area (Å²) >= 11 is 3.74. The van der Waals surface area contributed by atoms with Crippen molar-refractivity contribution in [3.8, 4) is 0 Å². The first-order valence-electron chi connectivity index (χ1n) is 4.00. The predicted molar refractivity (Wildman–Crippen MR) is 54.1 cm³/mol. The van der Waals surface area contributed by atoms with Crippen molar-refractivity contribution in [2.75, 3.05) is 0 Å². The molecule has 1 aromatic rings. The zero-order valence-electron chi connectivity index (χ0n) is 8.67. The molecule has 16 heavy (non-hydrogen) atoms. The summed E-state index contributed by atoms with van der Waals surface area (Å²) in [6, 6.07) is 1.94. The smallest absolute Gasteiger partial charge is 0.478 e. The van der Waals surface area contributed by atoms with Crippen LogP contribution in [0.1, 0.15) is 15.9 Å². The third-order valence-electron chi connectivity index (χ3n) is 2.02. The largest absolute Gasteiger partial charge is 1.00 e. The Morgan fingerprint density at radius 1 is 1.38 bits per heavy atom. The van der Waals surface area contributed by atoms with Crippen LogP contribution in [-0.4, -0.2) is 18.1 Å². The van der Waals surface area contributed by atoms with Gasteiger partial charge in [0.25, 0.3) is 0 Å². The molecule has 0 heterocycles. The van der Waals surface area contributed by atoms with Crippen LogP contribution in [0.25, 0.3) is 0 Å². The first kappa shape index (κ1) is 16.5. The molecule has 0 amide bonds. The molecule has 0 fully saturated rings. The van der Waals surface area contributed by atoms with E-state index >= 15 is 0 Å². The minimum absolute atomic E-state index is 0. The number of carboxylic acid groups (broad SMARTS) is 1. The Morgan fingerprint density at radius 3 is 2.25 bits per heavy atom. The second kappa shape index (κ2) is 5.92. The van der Waals surface area contributed by atoms with E-state index in [-0.39, 0.29) is 67.4 Å². The van der Waals surface area contributed by atoms with Crippen LogP contribution in [0.15, 0.2) is 17.0 Å². The zero-order valence-corrected chi connectivity index (χ0v) is 12.7. The average molecular weight is 274 g/mol. The van der Waals surface area contributed by atoms with Crippen molar-refractivity contribution in [1.82, 2.24) is 0 Å². The summed E-state index contributed by atoms with van der Waals surface area (Å²) in [5.74, 6) is -1.38. The van der Waals surface area contributed by atoms with Crippen molar-refractivity contribution < 1.29 is 74.2 Å². The van der Waals surface area contributed by atoms with Gasteiger partial charge in [-0.25, -0.2) is 4.79 Å². The molecular formula is C8H7BF3KO2S. The Morgan fingerprint density at radius 2 is 1.88 bits per heavy atom. The maximum atomic E-state index is 12.5. The summed E-state index contributed by atoms with van der Waals surface area (Å²) in [5, 5.41) is 8.69. The zero-order chi connectivity index (χ0) is 11.8. The number of thiol groups is 1. The monoisotopic (exact) mass is 274 g/mol. The van der Waals surface area contributed by atoms with Gasteiger partial charge in [-0.05, 0) is 13.0 Å². The van der Waals surface area contributed by atoms with Crippen molar-refractivity contribution in [2.45, 2.75) is 11.8 Å². The minimum atomic E-state index is -5.21.